The Kier molecular flexibility index (Phi) is 4.50. The van der Waals surface area contributed by atoms with Crippen LogP contribution in [-0.2, 0) is 16.4 Å². The van der Waals surface area contributed by atoms with E-state index in [1.807, 2.05) is 18.2 Å². The molecule has 102 valence electrons. The monoisotopic (exact) mass is 315 g/mol. The molecule has 0 unspecified atom stereocenters. The second-order valence-corrected chi connectivity index (χ2v) is 8.01. The summed E-state index contributed by atoms with van der Waals surface area (Å²) >= 11 is 7.34. The maximum atomic E-state index is 12.0. The molecule has 1 aromatic heterocycles. The van der Waals surface area contributed by atoms with Crippen LogP contribution in [-0.4, -0.2) is 14.2 Å². The molecule has 2 aromatic rings. The van der Waals surface area contributed by atoms with Gasteiger partial charge < -0.3 is 5.32 Å². The molecular formula is C13H14ClNO2S2. The molecule has 0 aliphatic rings. The molecule has 1 N–H and O–H groups in total. The van der Waals surface area contributed by atoms with Crippen LogP contribution in [0.15, 0.2) is 41.3 Å². The zero-order valence-electron chi connectivity index (χ0n) is 10.4. The minimum Gasteiger partial charge on any atom is -0.379 e. The second-order valence-electron chi connectivity index (χ2n) is 3.96. The smallest absolute Gasteiger partial charge is 0.180 e. The fourth-order valence-corrected chi connectivity index (χ4v) is 3.77. The van der Waals surface area contributed by atoms with E-state index in [-0.39, 0.29) is 5.75 Å². The Morgan fingerprint density at radius 3 is 2.58 bits per heavy atom. The number of hydrogen-bond donors (Lipinski definition) is 1. The first-order chi connectivity index (χ1) is 9.03. The number of benzene rings is 1. The van der Waals surface area contributed by atoms with Crippen LogP contribution in [0.25, 0.3) is 0 Å². The van der Waals surface area contributed by atoms with Gasteiger partial charge in [-0.05, 0) is 24.3 Å². The number of hydrogen-bond acceptors (Lipinski definition) is 4. The van der Waals surface area contributed by atoms with Gasteiger partial charge in [0.25, 0.3) is 0 Å². The van der Waals surface area contributed by atoms with Crippen molar-refractivity contribution < 1.29 is 8.42 Å². The van der Waals surface area contributed by atoms with Gasteiger partial charge in [-0.2, -0.15) is 0 Å². The molecule has 1 aromatic carbocycles. The zero-order chi connectivity index (χ0) is 13.9. The normalized spacial score (nSPS) is 11.5. The van der Waals surface area contributed by atoms with Crippen molar-refractivity contribution >= 4 is 38.5 Å². The number of thiophene rings is 1. The lowest BCUT2D eigenvalue weighted by Crippen LogP contribution is -2.08. The van der Waals surface area contributed by atoms with Gasteiger partial charge in [0.05, 0.1) is 20.7 Å². The van der Waals surface area contributed by atoms with Crippen molar-refractivity contribution in [1.82, 2.24) is 0 Å². The minimum atomic E-state index is -3.21. The van der Waals surface area contributed by atoms with Crippen molar-refractivity contribution in [2.75, 3.05) is 11.1 Å². The first-order valence-corrected chi connectivity index (χ1v) is 8.67. The summed E-state index contributed by atoms with van der Waals surface area (Å²) in [5, 5.41) is 3.16. The predicted molar refractivity (Wildman–Crippen MR) is 80.8 cm³/mol. The molecular weight excluding hydrogens is 302 g/mol. The first kappa shape index (κ1) is 14.4. The Morgan fingerprint density at radius 2 is 1.95 bits per heavy atom. The first-order valence-electron chi connectivity index (χ1n) is 5.83. The van der Waals surface area contributed by atoms with Gasteiger partial charge in [0.15, 0.2) is 9.84 Å². The van der Waals surface area contributed by atoms with Crippen molar-refractivity contribution in [1.29, 1.82) is 0 Å². The minimum absolute atomic E-state index is 0.0938. The summed E-state index contributed by atoms with van der Waals surface area (Å²) in [6.45, 7) is 2.21. The largest absolute Gasteiger partial charge is 0.379 e. The Hall–Kier alpha value is -1.04. The second kappa shape index (κ2) is 5.94. The third-order valence-corrected chi connectivity index (χ3v) is 5.70. The van der Waals surface area contributed by atoms with E-state index in [2.05, 4.69) is 5.32 Å². The third-order valence-electron chi connectivity index (χ3n) is 2.68. The Bertz CT molecular complexity index is 665. The summed E-state index contributed by atoms with van der Waals surface area (Å²) in [5.41, 5.74) is 0.633. The van der Waals surface area contributed by atoms with Gasteiger partial charge in [-0.15, -0.1) is 11.3 Å². The van der Waals surface area contributed by atoms with E-state index in [0.717, 1.165) is 9.21 Å². The van der Waals surface area contributed by atoms with E-state index in [1.54, 1.807) is 25.1 Å². The molecule has 0 bridgehead atoms. The van der Waals surface area contributed by atoms with Gasteiger partial charge in [0.2, 0.25) is 0 Å². The third kappa shape index (κ3) is 3.49. The van der Waals surface area contributed by atoms with Crippen LogP contribution >= 0.6 is 22.9 Å². The van der Waals surface area contributed by atoms with Crippen molar-refractivity contribution in [2.45, 2.75) is 18.4 Å². The van der Waals surface area contributed by atoms with Crippen molar-refractivity contribution in [2.24, 2.45) is 0 Å². The lowest BCUT2D eigenvalue weighted by molar-refractivity contribution is 0.597. The Morgan fingerprint density at radius 1 is 1.21 bits per heavy atom. The van der Waals surface area contributed by atoms with Crippen LogP contribution in [0.4, 0.5) is 5.69 Å². The Balaban J connectivity index is 2.21. The SMILES string of the molecule is CCS(=O)(=O)c1ccccc1NCc1ccc(Cl)s1. The summed E-state index contributed by atoms with van der Waals surface area (Å²) in [6, 6.07) is 10.7. The van der Waals surface area contributed by atoms with Crippen molar-refractivity contribution in [3.63, 3.8) is 0 Å². The number of anilines is 1. The number of nitrogens with one attached hydrogen (secondary N) is 1. The van der Waals surface area contributed by atoms with E-state index < -0.39 is 9.84 Å². The molecule has 0 atom stereocenters. The summed E-state index contributed by atoms with van der Waals surface area (Å²) < 4.78 is 24.7. The summed E-state index contributed by atoms with van der Waals surface area (Å²) in [6.07, 6.45) is 0. The molecule has 2 rings (SSSR count). The lowest BCUT2D eigenvalue weighted by atomic mass is 10.3. The predicted octanol–water partition coefficient (Wildman–Crippen LogP) is 3.81. The highest BCUT2D eigenvalue weighted by atomic mass is 35.5. The number of sulfone groups is 1. The molecule has 0 radical (unpaired) electrons. The molecule has 6 heteroatoms. The van der Waals surface area contributed by atoms with Crippen LogP contribution in [0.5, 0.6) is 0 Å². The molecule has 0 aliphatic carbocycles. The van der Waals surface area contributed by atoms with Gasteiger partial charge in [0, 0.05) is 11.4 Å². The van der Waals surface area contributed by atoms with Crippen LogP contribution in [0, 0.1) is 0 Å². The molecule has 3 nitrogen and oxygen atoms in total. The van der Waals surface area contributed by atoms with Gasteiger partial charge in [-0.25, -0.2) is 8.42 Å². The fraction of sp³-hybridized carbons (Fsp3) is 0.231. The van der Waals surface area contributed by atoms with Gasteiger partial charge in [0.1, 0.15) is 0 Å². The average Bonchev–Trinajstić information content (AvgIpc) is 2.82. The highest BCUT2D eigenvalue weighted by Gasteiger charge is 2.15. The molecule has 0 saturated heterocycles. The van der Waals surface area contributed by atoms with Gasteiger partial charge in [-0.3, -0.25) is 0 Å². The van der Waals surface area contributed by atoms with E-state index in [4.69, 9.17) is 11.6 Å². The standard InChI is InChI=1S/C13H14ClNO2S2/c1-2-19(16,17)12-6-4-3-5-11(12)15-9-10-7-8-13(14)18-10/h3-8,15H,2,9H2,1H3. The van der Waals surface area contributed by atoms with Crippen LogP contribution in [0.1, 0.15) is 11.8 Å². The molecule has 0 saturated carbocycles. The van der Waals surface area contributed by atoms with E-state index in [9.17, 15) is 8.42 Å². The van der Waals surface area contributed by atoms with Crippen molar-refractivity contribution in [3.05, 3.63) is 45.6 Å². The topological polar surface area (TPSA) is 46.2 Å². The molecule has 0 aliphatic heterocycles. The number of rotatable bonds is 5. The van der Waals surface area contributed by atoms with Gasteiger partial charge >= 0.3 is 0 Å². The molecule has 1 heterocycles. The molecule has 19 heavy (non-hydrogen) atoms. The van der Waals surface area contributed by atoms with E-state index in [0.29, 0.717) is 17.1 Å². The average molecular weight is 316 g/mol. The van der Waals surface area contributed by atoms with E-state index in [1.165, 1.54) is 11.3 Å². The highest BCUT2D eigenvalue weighted by molar-refractivity contribution is 7.91. The summed E-state index contributed by atoms with van der Waals surface area (Å²) in [4.78, 5) is 1.41. The summed E-state index contributed by atoms with van der Waals surface area (Å²) in [7, 11) is -3.21. The van der Waals surface area contributed by atoms with Crippen molar-refractivity contribution in [3.8, 4) is 0 Å². The molecule has 0 fully saturated rings. The summed E-state index contributed by atoms with van der Waals surface area (Å²) in [5.74, 6) is 0.0938. The van der Waals surface area contributed by atoms with Crippen LogP contribution in [0.2, 0.25) is 4.34 Å². The molecule has 0 amide bonds. The molecule has 0 spiro atoms. The Labute approximate surface area is 122 Å². The van der Waals surface area contributed by atoms with E-state index >= 15 is 0 Å². The number of para-hydroxylation sites is 1. The quantitative estimate of drug-likeness (QED) is 0.912. The lowest BCUT2D eigenvalue weighted by Gasteiger charge is -2.10. The van der Waals surface area contributed by atoms with Crippen LogP contribution < -0.4 is 5.32 Å². The zero-order valence-corrected chi connectivity index (χ0v) is 12.8. The highest BCUT2D eigenvalue weighted by Crippen LogP contribution is 2.25. The number of halogens is 1. The van der Waals surface area contributed by atoms with Crippen LogP contribution in [0.3, 0.4) is 0 Å². The maximum Gasteiger partial charge on any atom is 0.180 e. The maximum absolute atomic E-state index is 12.0. The fourth-order valence-electron chi connectivity index (χ4n) is 1.67. The van der Waals surface area contributed by atoms with Gasteiger partial charge in [-0.1, -0.05) is 30.7 Å².